The first-order chi connectivity index (χ1) is 11.1. The molecular formula is C17H19BrN2O3. The maximum atomic E-state index is 12.4. The molecule has 1 heterocycles. The normalized spacial score (nSPS) is 10.6. The summed E-state index contributed by atoms with van der Waals surface area (Å²) in [5, 5.41) is 4.40. The Morgan fingerprint density at radius 1 is 1.30 bits per heavy atom. The van der Waals surface area contributed by atoms with E-state index >= 15 is 0 Å². The fourth-order valence-corrected chi connectivity index (χ4v) is 2.54. The Morgan fingerprint density at radius 2 is 2.09 bits per heavy atom. The second-order valence-corrected chi connectivity index (χ2v) is 5.97. The van der Waals surface area contributed by atoms with Gasteiger partial charge in [-0.2, -0.15) is 5.10 Å². The number of hydrogen-bond donors (Lipinski definition) is 0. The number of carbonyl (C=O) groups is 1. The number of esters is 1. The summed E-state index contributed by atoms with van der Waals surface area (Å²) in [6.07, 6.45) is 1.75. The van der Waals surface area contributed by atoms with Gasteiger partial charge in [-0.15, -0.1) is 0 Å². The quantitative estimate of drug-likeness (QED) is 0.719. The molecule has 23 heavy (non-hydrogen) atoms. The highest BCUT2D eigenvalue weighted by atomic mass is 79.9. The third-order valence-corrected chi connectivity index (χ3v) is 3.81. The van der Waals surface area contributed by atoms with E-state index in [-0.39, 0.29) is 12.2 Å². The van der Waals surface area contributed by atoms with Crippen molar-refractivity contribution in [2.45, 2.75) is 33.2 Å². The highest BCUT2D eigenvalue weighted by molar-refractivity contribution is 9.10. The molecule has 6 heteroatoms. The molecule has 0 amide bonds. The number of ether oxygens (including phenoxy) is 1. The Hall–Kier alpha value is -1.95. The van der Waals surface area contributed by atoms with Crippen LogP contribution in [0.5, 0.6) is 0 Å². The number of rotatable bonds is 6. The molecule has 0 N–H and O–H groups in total. The van der Waals surface area contributed by atoms with Crippen molar-refractivity contribution in [3.63, 3.8) is 0 Å². The van der Waals surface area contributed by atoms with Gasteiger partial charge < -0.3 is 4.74 Å². The molecule has 0 aliphatic heterocycles. The van der Waals surface area contributed by atoms with E-state index in [0.717, 1.165) is 22.9 Å². The summed E-state index contributed by atoms with van der Waals surface area (Å²) in [5.41, 5.74) is 1.02. The summed E-state index contributed by atoms with van der Waals surface area (Å²) < 4.78 is 7.25. The summed E-state index contributed by atoms with van der Waals surface area (Å²) in [5.74, 6) is -0.610. The average Bonchev–Trinajstić information content (AvgIpc) is 2.54. The maximum absolute atomic E-state index is 12.4. The summed E-state index contributed by atoms with van der Waals surface area (Å²) >= 11 is 3.42. The lowest BCUT2D eigenvalue weighted by molar-refractivity contribution is 0.0523. The van der Waals surface area contributed by atoms with Crippen molar-refractivity contribution in [3.05, 3.63) is 50.7 Å². The van der Waals surface area contributed by atoms with Crippen molar-refractivity contribution in [3.8, 4) is 11.3 Å². The van der Waals surface area contributed by atoms with Crippen LogP contribution in [-0.4, -0.2) is 22.4 Å². The van der Waals surface area contributed by atoms with E-state index in [4.69, 9.17) is 4.74 Å². The highest BCUT2D eigenvalue weighted by Gasteiger charge is 2.17. The number of aromatic nitrogens is 2. The van der Waals surface area contributed by atoms with Crippen molar-refractivity contribution in [1.29, 1.82) is 0 Å². The van der Waals surface area contributed by atoms with Crippen LogP contribution in [0.15, 0.2) is 39.6 Å². The molecule has 0 atom stereocenters. The van der Waals surface area contributed by atoms with E-state index < -0.39 is 11.5 Å². The Kier molecular flexibility index (Phi) is 6.10. The van der Waals surface area contributed by atoms with Crippen molar-refractivity contribution in [2.24, 2.45) is 0 Å². The van der Waals surface area contributed by atoms with Gasteiger partial charge in [0.25, 0.3) is 5.56 Å². The molecule has 0 saturated heterocycles. The van der Waals surface area contributed by atoms with Crippen LogP contribution >= 0.6 is 15.9 Å². The molecule has 0 radical (unpaired) electrons. The standard InChI is InChI=1S/C17H19BrN2O3/c1-3-5-9-20-16(21)14(17(22)23-4-2)11-15(19-20)12-7-6-8-13(18)10-12/h6-8,10-11H,3-5,9H2,1-2H3. The Balaban J connectivity index is 2.56. The molecule has 0 unspecified atom stereocenters. The fraction of sp³-hybridized carbons (Fsp3) is 0.353. The van der Waals surface area contributed by atoms with Crippen LogP contribution in [-0.2, 0) is 11.3 Å². The molecule has 0 fully saturated rings. The smallest absolute Gasteiger partial charge is 0.343 e. The van der Waals surface area contributed by atoms with Gasteiger partial charge in [0, 0.05) is 16.6 Å². The molecule has 0 spiro atoms. The van der Waals surface area contributed by atoms with Crippen molar-refractivity contribution >= 4 is 21.9 Å². The molecule has 1 aromatic heterocycles. The minimum Gasteiger partial charge on any atom is -0.462 e. The third kappa shape index (κ3) is 4.28. The predicted molar refractivity (Wildman–Crippen MR) is 92.5 cm³/mol. The van der Waals surface area contributed by atoms with Gasteiger partial charge in [0.15, 0.2) is 0 Å². The number of hydrogen-bond acceptors (Lipinski definition) is 4. The van der Waals surface area contributed by atoms with E-state index in [1.165, 1.54) is 10.7 Å². The minimum atomic E-state index is -0.610. The summed E-state index contributed by atoms with van der Waals surface area (Å²) in [6.45, 7) is 4.45. The van der Waals surface area contributed by atoms with E-state index in [0.29, 0.717) is 12.2 Å². The van der Waals surface area contributed by atoms with Gasteiger partial charge in [0.05, 0.1) is 12.3 Å². The largest absolute Gasteiger partial charge is 0.462 e. The Morgan fingerprint density at radius 3 is 2.74 bits per heavy atom. The fourth-order valence-electron chi connectivity index (χ4n) is 2.15. The number of unbranched alkanes of at least 4 members (excludes halogenated alkanes) is 1. The van der Waals surface area contributed by atoms with E-state index in [9.17, 15) is 9.59 Å². The first-order valence-electron chi connectivity index (χ1n) is 7.62. The number of carbonyl (C=O) groups excluding carboxylic acids is 1. The first-order valence-corrected chi connectivity index (χ1v) is 8.41. The topological polar surface area (TPSA) is 61.2 Å². The zero-order valence-electron chi connectivity index (χ0n) is 13.2. The SMILES string of the molecule is CCCCn1nc(-c2cccc(Br)c2)cc(C(=O)OCC)c1=O. The lowest BCUT2D eigenvalue weighted by Gasteiger charge is -2.10. The van der Waals surface area contributed by atoms with Gasteiger partial charge in [-0.3, -0.25) is 4.79 Å². The molecule has 0 aliphatic carbocycles. The zero-order valence-corrected chi connectivity index (χ0v) is 14.8. The Bertz CT molecular complexity index is 756. The third-order valence-electron chi connectivity index (χ3n) is 3.31. The lowest BCUT2D eigenvalue weighted by Crippen LogP contribution is -2.30. The van der Waals surface area contributed by atoms with Crippen LogP contribution in [0.25, 0.3) is 11.3 Å². The molecule has 1 aromatic carbocycles. The van der Waals surface area contributed by atoms with Gasteiger partial charge in [-0.05, 0) is 31.5 Å². The van der Waals surface area contributed by atoms with Crippen LogP contribution in [0.4, 0.5) is 0 Å². The van der Waals surface area contributed by atoms with Crippen molar-refractivity contribution < 1.29 is 9.53 Å². The molecule has 0 saturated carbocycles. The van der Waals surface area contributed by atoms with E-state index in [1.54, 1.807) is 6.92 Å². The van der Waals surface area contributed by atoms with Crippen LogP contribution in [0.2, 0.25) is 0 Å². The number of nitrogens with zero attached hydrogens (tertiary/aromatic N) is 2. The first kappa shape index (κ1) is 17.4. The number of halogens is 1. The molecule has 2 rings (SSSR count). The van der Waals surface area contributed by atoms with Crippen molar-refractivity contribution in [1.82, 2.24) is 9.78 Å². The second kappa shape index (κ2) is 8.06. The van der Waals surface area contributed by atoms with Gasteiger partial charge in [-0.25, -0.2) is 9.48 Å². The summed E-state index contributed by atoms with van der Waals surface area (Å²) in [4.78, 5) is 24.5. The molecular weight excluding hydrogens is 360 g/mol. The van der Waals surface area contributed by atoms with E-state index in [2.05, 4.69) is 21.0 Å². The van der Waals surface area contributed by atoms with Crippen LogP contribution in [0.3, 0.4) is 0 Å². The number of benzene rings is 1. The lowest BCUT2D eigenvalue weighted by atomic mass is 10.1. The highest BCUT2D eigenvalue weighted by Crippen LogP contribution is 2.21. The number of aryl methyl sites for hydroxylation is 1. The molecule has 122 valence electrons. The second-order valence-electron chi connectivity index (χ2n) is 5.06. The van der Waals surface area contributed by atoms with Crippen molar-refractivity contribution in [2.75, 3.05) is 6.61 Å². The van der Waals surface area contributed by atoms with Crippen LogP contribution in [0.1, 0.15) is 37.0 Å². The summed E-state index contributed by atoms with van der Waals surface area (Å²) in [7, 11) is 0. The zero-order chi connectivity index (χ0) is 16.8. The minimum absolute atomic E-state index is 0.0212. The van der Waals surface area contributed by atoms with E-state index in [1.807, 2.05) is 31.2 Å². The molecule has 0 bridgehead atoms. The monoisotopic (exact) mass is 378 g/mol. The molecule has 0 aliphatic rings. The predicted octanol–water partition coefficient (Wildman–Crippen LogP) is 3.65. The van der Waals surface area contributed by atoms with Gasteiger partial charge in [0.1, 0.15) is 5.56 Å². The van der Waals surface area contributed by atoms with Gasteiger partial charge in [-0.1, -0.05) is 41.4 Å². The Labute approximate surface area is 143 Å². The summed E-state index contributed by atoms with van der Waals surface area (Å²) in [6, 6.07) is 9.07. The van der Waals surface area contributed by atoms with Crippen LogP contribution in [0, 0.1) is 0 Å². The maximum Gasteiger partial charge on any atom is 0.343 e. The van der Waals surface area contributed by atoms with Gasteiger partial charge >= 0.3 is 5.97 Å². The molecule has 2 aromatic rings. The van der Waals surface area contributed by atoms with Gasteiger partial charge in [0.2, 0.25) is 0 Å². The van der Waals surface area contributed by atoms with Crippen LogP contribution < -0.4 is 5.56 Å². The molecule has 5 nitrogen and oxygen atoms in total. The average molecular weight is 379 g/mol.